The van der Waals surface area contributed by atoms with Crippen molar-refractivity contribution in [2.24, 2.45) is 5.73 Å². The lowest BCUT2D eigenvalue weighted by Crippen LogP contribution is -2.45. The zero-order chi connectivity index (χ0) is 13.2. The number of pyridine rings is 1. The maximum atomic E-state index is 12.6. The lowest BCUT2D eigenvalue weighted by atomic mass is 10.0. The number of nitrogens with zero attached hydrogens (tertiary/aromatic N) is 2. The topological polar surface area (TPSA) is 59.2 Å². The maximum Gasteiger partial charge on any atom is 0.254 e. The molecule has 1 saturated heterocycles. The van der Waals surface area contributed by atoms with Gasteiger partial charge in [0.25, 0.3) is 5.91 Å². The number of likely N-dealkylation sites (tertiary alicyclic amines) is 1. The minimum Gasteiger partial charge on any atom is -0.337 e. The number of hydrogen-bond acceptors (Lipinski definition) is 3. The van der Waals surface area contributed by atoms with Crippen molar-refractivity contribution in [3.8, 4) is 0 Å². The molecule has 2 heterocycles. The molecule has 0 radical (unpaired) electrons. The third kappa shape index (κ3) is 2.31. The van der Waals surface area contributed by atoms with E-state index in [-0.39, 0.29) is 11.9 Å². The number of hydrogen-bond donors (Lipinski definition) is 1. The molecule has 0 bridgehead atoms. The van der Waals surface area contributed by atoms with Crippen LogP contribution in [0.2, 0.25) is 0 Å². The Bertz CT molecular complexity index is 606. The number of benzene rings is 1. The molecule has 1 amide bonds. The van der Waals surface area contributed by atoms with Gasteiger partial charge >= 0.3 is 0 Å². The van der Waals surface area contributed by atoms with Gasteiger partial charge in [-0.1, -0.05) is 12.1 Å². The molecule has 4 nitrogen and oxygen atoms in total. The molecule has 19 heavy (non-hydrogen) atoms. The molecule has 1 aromatic heterocycles. The van der Waals surface area contributed by atoms with E-state index in [0.29, 0.717) is 6.54 Å². The van der Waals surface area contributed by atoms with Crippen LogP contribution in [0.25, 0.3) is 10.9 Å². The van der Waals surface area contributed by atoms with E-state index >= 15 is 0 Å². The quantitative estimate of drug-likeness (QED) is 0.845. The summed E-state index contributed by atoms with van der Waals surface area (Å²) < 4.78 is 0. The van der Waals surface area contributed by atoms with Crippen LogP contribution in [-0.2, 0) is 0 Å². The van der Waals surface area contributed by atoms with Gasteiger partial charge in [-0.3, -0.25) is 9.78 Å². The number of amides is 1. The minimum absolute atomic E-state index is 0.0637. The Kier molecular flexibility index (Phi) is 3.17. The van der Waals surface area contributed by atoms with Gasteiger partial charge in [-0.15, -0.1) is 0 Å². The predicted octanol–water partition coefficient (Wildman–Crippen LogP) is 1.80. The molecule has 1 atom stereocenters. The maximum absolute atomic E-state index is 12.6. The van der Waals surface area contributed by atoms with Crippen LogP contribution in [-0.4, -0.2) is 34.9 Å². The molecule has 2 N–H and O–H groups in total. The van der Waals surface area contributed by atoms with Crippen molar-refractivity contribution in [2.45, 2.75) is 18.9 Å². The van der Waals surface area contributed by atoms with Crippen LogP contribution in [0.5, 0.6) is 0 Å². The summed E-state index contributed by atoms with van der Waals surface area (Å²) in [6, 6.07) is 9.58. The highest BCUT2D eigenvalue weighted by Crippen LogP contribution is 2.20. The van der Waals surface area contributed by atoms with Gasteiger partial charge in [0.2, 0.25) is 0 Å². The molecule has 0 aliphatic carbocycles. The monoisotopic (exact) mass is 255 g/mol. The average molecular weight is 255 g/mol. The molecule has 0 unspecified atom stereocenters. The second-order valence-corrected chi connectivity index (χ2v) is 5.03. The fourth-order valence-corrected chi connectivity index (χ4v) is 2.65. The van der Waals surface area contributed by atoms with Crippen LogP contribution < -0.4 is 5.73 Å². The van der Waals surface area contributed by atoms with Crippen LogP contribution in [0.1, 0.15) is 23.2 Å². The number of carbonyl (C=O) groups excluding carboxylic acids is 1. The first-order chi connectivity index (χ1) is 9.25. The van der Waals surface area contributed by atoms with Gasteiger partial charge in [0, 0.05) is 36.3 Å². The van der Waals surface area contributed by atoms with E-state index in [9.17, 15) is 4.79 Å². The predicted molar refractivity (Wildman–Crippen MR) is 74.9 cm³/mol. The molecule has 1 aliphatic rings. The largest absolute Gasteiger partial charge is 0.337 e. The van der Waals surface area contributed by atoms with Crippen molar-refractivity contribution < 1.29 is 4.79 Å². The van der Waals surface area contributed by atoms with E-state index < -0.39 is 0 Å². The van der Waals surface area contributed by atoms with Crippen molar-refractivity contribution in [1.82, 2.24) is 9.88 Å². The van der Waals surface area contributed by atoms with Gasteiger partial charge in [0.15, 0.2) is 0 Å². The first-order valence-electron chi connectivity index (χ1n) is 6.64. The molecule has 4 heteroatoms. The highest BCUT2D eigenvalue weighted by molar-refractivity contribution is 6.06. The molecular weight excluding hydrogens is 238 g/mol. The molecule has 0 spiro atoms. The van der Waals surface area contributed by atoms with E-state index in [0.717, 1.165) is 35.9 Å². The van der Waals surface area contributed by atoms with Gasteiger partial charge < -0.3 is 10.6 Å². The van der Waals surface area contributed by atoms with Crippen molar-refractivity contribution in [2.75, 3.05) is 13.1 Å². The summed E-state index contributed by atoms with van der Waals surface area (Å²) in [7, 11) is 0. The standard InChI is InChI=1S/C15H17N3O/c16-11-4-3-9-18(10-11)15(19)13-5-1-7-14-12(13)6-2-8-17-14/h1-2,5-8,11H,3-4,9-10,16H2/t11-/m1/s1. The zero-order valence-electron chi connectivity index (χ0n) is 10.7. The van der Waals surface area contributed by atoms with Crippen LogP contribution in [0.4, 0.5) is 0 Å². The average Bonchev–Trinajstić information content (AvgIpc) is 2.46. The summed E-state index contributed by atoms with van der Waals surface area (Å²) in [5.41, 5.74) is 7.53. The zero-order valence-corrected chi connectivity index (χ0v) is 10.7. The smallest absolute Gasteiger partial charge is 0.254 e. The summed E-state index contributed by atoms with van der Waals surface area (Å²) in [5.74, 6) is 0.0637. The van der Waals surface area contributed by atoms with E-state index in [2.05, 4.69) is 4.98 Å². The number of rotatable bonds is 1. The Balaban J connectivity index is 1.97. The highest BCUT2D eigenvalue weighted by atomic mass is 16.2. The SMILES string of the molecule is N[C@@H]1CCCN(C(=O)c2cccc3ncccc23)C1. The van der Waals surface area contributed by atoms with Gasteiger partial charge in [-0.25, -0.2) is 0 Å². The molecule has 1 aromatic carbocycles. The number of fused-ring (bicyclic) bond motifs is 1. The second-order valence-electron chi connectivity index (χ2n) is 5.03. The molecule has 3 rings (SSSR count). The number of carbonyl (C=O) groups is 1. The van der Waals surface area contributed by atoms with Crippen LogP contribution in [0, 0.1) is 0 Å². The van der Waals surface area contributed by atoms with Crippen LogP contribution in [0.3, 0.4) is 0 Å². The van der Waals surface area contributed by atoms with Crippen molar-refractivity contribution in [1.29, 1.82) is 0 Å². The van der Waals surface area contributed by atoms with E-state index in [1.807, 2.05) is 35.2 Å². The Morgan fingerprint density at radius 1 is 1.32 bits per heavy atom. The highest BCUT2D eigenvalue weighted by Gasteiger charge is 2.23. The first-order valence-corrected chi connectivity index (χ1v) is 6.64. The van der Waals surface area contributed by atoms with Gasteiger partial charge in [-0.2, -0.15) is 0 Å². The summed E-state index contributed by atoms with van der Waals surface area (Å²) in [6.07, 6.45) is 3.73. The fourth-order valence-electron chi connectivity index (χ4n) is 2.65. The Morgan fingerprint density at radius 3 is 3.05 bits per heavy atom. The van der Waals surface area contributed by atoms with Gasteiger partial charge in [0.1, 0.15) is 0 Å². The molecule has 98 valence electrons. The molecular formula is C15H17N3O. The van der Waals surface area contributed by atoms with Crippen molar-refractivity contribution in [3.63, 3.8) is 0 Å². The molecule has 0 saturated carbocycles. The molecule has 2 aromatic rings. The summed E-state index contributed by atoms with van der Waals surface area (Å²) in [4.78, 5) is 18.7. The summed E-state index contributed by atoms with van der Waals surface area (Å²) in [6.45, 7) is 1.44. The Hall–Kier alpha value is -1.94. The number of aromatic nitrogens is 1. The minimum atomic E-state index is 0.0637. The third-order valence-electron chi connectivity index (χ3n) is 3.62. The van der Waals surface area contributed by atoms with E-state index in [4.69, 9.17) is 5.73 Å². The van der Waals surface area contributed by atoms with E-state index in [1.54, 1.807) is 6.20 Å². The van der Waals surface area contributed by atoms with Crippen molar-refractivity contribution in [3.05, 3.63) is 42.1 Å². The Labute approximate surface area is 112 Å². The van der Waals surface area contributed by atoms with Gasteiger partial charge in [0.05, 0.1) is 5.52 Å². The summed E-state index contributed by atoms with van der Waals surface area (Å²) >= 11 is 0. The second kappa shape index (κ2) is 4.97. The van der Waals surface area contributed by atoms with Crippen molar-refractivity contribution >= 4 is 16.8 Å². The first kappa shape index (κ1) is 12.1. The summed E-state index contributed by atoms with van der Waals surface area (Å²) in [5, 5.41) is 0.911. The lowest BCUT2D eigenvalue weighted by Gasteiger charge is -2.31. The van der Waals surface area contributed by atoms with Gasteiger partial charge in [-0.05, 0) is 31.0 Å². The van der Waals surface area contributed by atoms with Crippen LogP contribution >= 0.6 is 0 Å². The normalized spacial score (nSPS) is 19.6. The number of nitrogens with two attached hydrogens (primary N) is 1. The Morgan fingerprint density at radius 2 is 2.21 bits per heavy atom. The molecule has 1 aliphatic heterocycles. The van der Waals surface area contributed by atoms with Crippen LogP contribution in [0.15, 0.2) is 36.5 Å². The third-order valence-corrected chi connectivity index (χ3v) is 3.62. The molecule has 1 fully saturated rings. The van der Waals surface area contributed by atoms with E-state index in [1.165, 1.54) is 0 Å². The lowest BCUT2D eigenvalue weighted by molar-refractivity contribution is 0.0711. The number of piperidine rings is 1. The fraction of sp³-hybridized carbons (Fsp3) is 0.333.